The van der Waals surface area contributed by atoms with Crippen molar-refractivity contribution in [3.05, 3.63) is 11.6 Å². The van der Waals surface area contributed by atoms with E-state index in [4.69, 9.17) is 5.11 Å². The molecule has 1 N–H and O–H groups in total. The second-order valence-electron chi connectivity index (χ2n) is 5.23. The van der Waals surface area contributed by atoms with Gasteiger partial charge in [0.05, 0.1) is 5.92 Å². The Bertz CT molecular complexity index is 271. The first-order valence-corrected chi connectivity index (χ1v) is 6.10. The van der Waals surface area contributed by atoms with Gasteiger partial charge in [0.15, 0.2) is 0 Å². The van der Waals surface area contributed by atoms with E-state index in [2.05, 4.69) is 31.7 Å². The van der Waals surface area contributed by atoms with Gasteiger partial charge in [-0.15, -0.1) is 0 Å². The molecule has 1 aliphatic rings. The quantitative estimate of drug-likeness (QED) is 0.730. The van der Waals surface area contributed by atoms with Crippen LogP contribution in [0.25, 0.3) is 0 Å². The Morgan fingerprint density at radius 3 is 2.75 bits per heavy atom. The maximum absolute atomic E-state index is 10.8. The van der Waals surface area contributed by atoms with Gasteiger partial charge in [-0.25, -0.2) is 0 Å². The monoisotopic (exact) mass is 225 g/mol. The van der Waals surface area contributed by atoms with Gasteiger partial charge in [-0.3, -0.25) is 9.69 Å². The lowest BCUT2D eigenvalue weighted by molar-refractivity contribution is -0.141. The van der Waals surface area contributed by atoms with Gasteiger partial charge in [0.1, 0.15) is 0 Å². The fraction of sp³-hybridized carbons (Fsp3) is 0.769. The van der Waals surface area contributed by atoms with Gasteiger partial charge in [-0.1, -0.05) is 25.5 Å². The van der Waals surface area contributed by atoms with E-state index in [9.17, 15) is 4.79 Å². The topological polar surface area (TPSA) is 40.5 Å². The number of carboxylic acids is 1. The zero-order chi connectivity index (χ0) is 12.1. The van der Waals surface area contributed by atoms with E-state index in [-0.39, 0.29) is 5.92 Å². The number of hydrogen-bond acceptors (Lipinski definition) is 2. The number of aliphatic carboxylic acids is 1. The second kappa shape index (κ2) is 6.04. The summed E-state index contributed by atoms with van der Waals surface area (Å²) >= 11 is 0. The zero-order valence-electron chi connectivity index (χ0n) is 10.6. The van der Waals surface area contributed by atoms with Crippen molar-refractivity contribution >= 4 is 5.97 Å². The lowest BCUT2D eigenvalue weighted by atomic mass is 10.0. The summed E-state index contributed by atoms with van der Waals surface area (Å²) in [6.45, 7) is 9.12. The smallest absolute Gasteiger partial charge is 0.307 e. The number of nitrogens with zero attached hydrogens (tertiary/aromatic N) is 1. The van der Waals surface area contributed by atoms with Crippen molar-refractivity contribution in [2.24, 2.45) is 11.8 Å². The molecule has 0 aliphatic carbocycles. The Hall–Kier alpha value is -0.830. The molecule has 1 saturated heterocycles. The SMILES string of the molecule is CC(=CCN1CCC(C(=O)O)C1)CC(C)C. The fourth-order valence-corrected chi connectivity index (χ4v) is 2.21. The first-order valence-electron chi connectivity index (χ1n) is 6.10. The summed E-state index contributed by atoms with van der Waals surface area (Å²) in [6.07, 6.45) is 4.17. The van der Waals surface area contributed by atoms with Crippen LogP contribution in [0, 0.1) is 11.8 Å². The zero-order valence-corrected chi connectivity index (χ0v) is 10.6. The van der Waals surface area contributed by atoms with Crippen LogP contribution in [0.5, 0.6) is 0 Å². The van der Waals surface area contributed by atoms with Crippen LogP contribution in [0.1, 0.15) is 33.6 Å². The molecule has 1 heterocycles. The van der Waals surface area contributed by atoms with Gasteiger partial charge in [-0.05, 0) is 32.2 Å². The molecule has 16 heavy (non-hydrogen) atoms. The van der Waals surface area contributed by atoms with E-state index in [0.717, 1.165) is 25.9 Å². The summed E-state index contributed by atoms with van der Waals surface area (Å²) in [5, 5.41) is 8.89. The summed E-state index contributed by atoms with van der Waals surface area (Å²) in [7, 11) is 0. The molecule has 1 fully saturated rings. The molecular formula is C13H23NO2. The lowest BCUT2D eigenvalue weighted by Gasteiger charge is -2.13. The molecule has 0 aromatic carbocycles. The van der Waals surface area contributed by atoms with Crippen LogP contribution in [0.15, 0.2) is 11.6 Å². The Morgan fingerprint density at radius 1 is 1.56 bits per heavy atom. The molecule has 0 aromatic heterocycles. The molecule has 0 amide bonds. The molecule has 3 nitrogen and oxygen atoms in total. The van der Waals surface area contributed by atoms with E-state index >= 15 is 0 Å². The Balaban J connectivity index is 2.32. The van der Waals surface area contributed by atoms with Crippen molar-refractivity contribution < 1.29 is 9.90 Å². The van der Waals surface area contributed by atoms with E-state index < -0.39 is 5.97 Å². The summed E-state index contributed by atoms with van der Waals surface area (Å²) < 4.78 is 0. The van der Waals surface area contributed by atoms with Gasteiger partial charge >= 0.3 is 5.97 Å². The van der Waals surface area contributed by atoms with Crippen LogP contribution < -0.4 is 0 Å². The van der Waals surface area contributed by atoms with Crippen LogP contribution in [0.4, 0.5) is 0 Å². The molecule has 0 spiro atoms. The molecule has 1 atom stereocenters. The van der Waals surface area contributed by atoms with E-state index in [0.29, 0.717) is 12.5 Å². The highest BCUT2D eigenvalue weighted by Crippen LogP contribution is 2.17. The van der Waals surface area contributed by atoms with Crippen molar-refractivity contribution in [1.82, 2.24) is 4.90 Å². The van der Waals surface area contributed by atoms with Gasteiger partial charge in [0.25, 0.3) is 0 Å². The molecule has 1 unspecified atom stereocenters. The van der Waals surface area contributed by atoms with Gasteiger partial charge in [0.2, 0.25) is 0 Å². The number of likely N-dealkylation sites (tertiary alicyclic amines) is 1. The standard InChI is InChI=1S/C13H23NO2/c1-10(2)8-11(3)4-6-14-7-5-12(9-14)13(15)16/h4,10,12H,5-9H2,1-3H3,(H,15,16). The molecule has 92 valence electrons. The van der Waals surface area contributed by atoms with Gasteiger partial charge < -0.3 is 5.11 Å². The number of carbonyl (C=O) groups is 1. The first-order chi connectivity index (χ1) is 7.49. The Kier molecular flexibility index (Phi) is 5.00. The highest BCUT2D eigenvalue weighted by molar-refractivity contribution is 5.70. The summed E-state index contributed by atoms with van der Waals surface area (Å²) in [5.41, 5.74) is 1.41. The van der Waals surface area contributed by atoms with Crippen LogP contribution in [-0.4, -0.2) is 35.6 Å². The largest absolute Gasteiger partial charge is 0.481 e. The van der Waals surface area contributed by atoms with Crippen LogP contribution in [0.3, 0.4) is 0 Å². The first kappa shape index (κ1) is 13.2. The van der Waals surface area contributed by atoms with Crippen LogP contribution in [-0.2, 0) is 4.79 Å². The second-order valence-corrected chi connectivity index (χ2v) is 5.23. The van der Waals surface area contributed by atoms with Crippen molar-refractivity contribution in [3.8, 4) is 0 Å². The van der Waals surface area contributed by atoms with Crippen molar-refractivity contribution in [2.45, 2.75) is 33.6 Å². The van der Waals surface area contributed by atoms with E-state index in [1.807, 2.05) is 0 Å². The molecule has 0 aromatic rings. The molecule has 0 radical (unpaired) electrons. The van der Waals surface area contributed by atoms with Crippen LogP contribution >= 0.6 is 0 Å². The average molecular weight is 225 g/mol. The van der Waals surface area contributed by atoms with E-state index in [1.165, 1.54) is 5.57 Å². The number of carboxylic acid groups (broad SMARTS) is 1. The third-order valence-corrected chi connectivity index (χ3v) is 3.05. The highest BCUT2D eigenvalue weighted by atomic mass is 16.4. The molecule has 1 aliphatic heterocycles. The predicted octanol–water partition coefficient (Wildman–Crippen LogP) is 2.39. The molecular weight excluding hydrogens is 202 g/mol. The van der Waals surface area contributed by atoms with Crippen LogP contribution in [0.2, 0.25) is 0 Å². The average Bonchev–Trinajstić information content (AvgIpc) is 2.61. The predicted molar refractivity (Wildman–Crippen MR) is 65.4 cm³/mol. The van der Waals surface area contributed by atoms with Crippen molar-refractivity contribution in [2.75, 3.05) is 19.6 Å². The Morgan fingerprint density at radius 2 is 2.25 bits per heavy atom. The maximum atomic E-state index is 10.8. The minimum atomic E-state index is -0.648. The van der Waals surface area contributed by atoms with Gasteiger partial charge in [-0.2, -0.15) is 0 Å². The summed E-state index contributed by atoms with van der Waals surface area (Å²) in [5.74, 6) is -0.106. The van der Waals surface area contributed by atoms with Crippen molar-refractivity contribution in [1.29, 1.82) is 0 Å². The minimum absolute atomic E-state index is 0.154. The molecule has 1 rings (SSSR count). The molecule has 0 bridgehead atoms. The number of allylic oxidation sites excluding steroid dienone is 1. The lowest BCUT2D eigenvalue weighted by Crippen LogP contribution is -2.23. The van der Waals surface area contributed by atoms with Gasteiger partial charge in [0, 0.05) is 13.1 Å². The Labute approximate surface area is 98.1 Å². The maximum Gasteiger partial charge on any atom is 0.307 e. The molecule has 0 saturated carbocycles. The van der Waals surface area contributed by atoms with Crippen molar-refractivity contribution in [3.63, 3.8) is 0 Å². The third-order valence-electron chi connectivity index (χ3n) is 3.05. The number of hydrogen-bond donors (Lipinski definition) is 1. The summed E-state index contributed by atoms with van der Waals surface area (Å²) in [6, 6.07) is 0. The highest BCUT2D eigenvalue weighted by Gasteiger charge is 2.26. The van der Waals surface area contributed by atoms with E-state index in [1.54, 1.807) is 0 Å². The normalized spacial score (nSPS) is 23.0. The molecule has 3 heteroatoms. The fourth-order valence-electron chi connectivity index (χ4n) is 2.21. The third kappa shape index (κ3) is 4.35. The summed E-state index contributed by atoms with van der Waals surface area (Å²) in [4.78, 5) is 13.0. The minimum Gasteiger partial charge on any atom is -0.481 e. The number of rotatable bonds is 5.